The maximum absolute atomic E-state index is 12.0. The van der Waals surface area contributed by atoms with Crippen LogP contribution < -0.4 is 15.0 Å². The van der Waals surface area contributed by atoms with Crippen molar-refractivity contribution < 1.29 is 9.53 Å². The van der Waals surface area contributed by atoms with Crippen molar-refractivity contribution in [1.29, 1.82) is 0 Å². The monoisotopic (exact) mass is 375 g/mol. The zero-order valence-corrected chi connectivity index (χ0v) is 16.1. The Labute approximate surface area is 158 Å². The first-order valence-corrected chi connectivity index (χ1v) is 9.70. The predicted octanol–water partition coefficient (Wildman–Crippen LogP) is 2.38. The molecule has 0 radical (unpaired) electrons. The van der Waals surface area contributed by atoms with Crippen LogP contribution in [-0.2, 0) is 6.42 Å². The van der Waals surface area contributed by atoms with E-state index >= 15 is 0 Å². The topological polar surface area (TPSA) is 70.6 Å². The second-order valence-electron chi connectivity index (χ2n) is 6.18. The number of aromatic nitrogens is 2. The number of anilines is 1. The van der Waals surface area contributed by atoms with E-state index in [-0.39, 0.29) is 6.03 Å². The molecule has 0 saturated carbocycles. The van der Waals surface area contributed by atoms with Crippen molar-refractivity contribution >= 4 is 22.7 Å². The normalized spacial score (nSPS) is 14.8. The lowest BCUT2D eigenvalue weighted by molar-refractivity contribution is 0.202. The van der Waals surface area contributed by atoms with E-state index in [4.69, 9.17) is 9.72 Å². The molecule has 2 heterocycles. The minimum Gasteiger partial charge on any atom is -0.497 e. The number of hydrogen-bond donors (Lipinski definition) is 1. The molecule has 8 heteroatoms. The highest BCUT2D eigenvalue weighted by atomic mass is 32.1. The number of carbonyl (C=O) groups excluding carboxylic acids is 1. The molecule has 0 atom stereocenters. The Bertz CT molecular complexity index is 736. The number of amides is 2. The van der Waals surface area contributed by atoms with Crippen LogP contribution in [0.4, 0.5) is 9.93 Å². The van der Waals surface area contributed by atoms with E-state index in [1.54, 1.807) is 7.11 Å². The molecule has 0 bridgehead atoms. The van der Waals surface area contributed by atoms with E-state index in [0.717, 1.165) is 48.3 Å². The number of hydrogen-bond acceptors (Lipinski definition) is 6. The van der Waals surface area contributed by atoms with Crippen LogP contribution >= 0.6 is 11.5 Å². The van der Waals surface area contributed by atoms with Gasteiger partial charge in [0, 0.05) is 50.7 Å². The number of nitrogens with one attached hydrogen (secondary N) is 1. The fourth-order valence-electron chi connectivity index (χ4n) is 2.98. The Balaban J connectivity index is 1.61. The van der Waals surface area contributed by atoms with Gasteiger partial charge < -0.3 is 19.9 Å². The molecule has 1 N–H and O–H groups in total. The second kappa shape index (κ2) is 8.84. The Kier molecular flexibility index (Phi) is 6.27. The second-order valence-corrected chi connectivity index (χ2v) is 6.91. The van der Waals surface area contributed by atoms with Crippen molar-refractivity contribution in [1.82, 2.24) is 19.6 Å². The van der Waals surface area contributed by atoms with Gasteiger partial charge in [-0.1, -0.05) is 12.1 Å². The zero-order chi connectivity index (χ0) is 18.4. The molecule has 0 spiro atoms. The summed E-state index contributed by atoms with van der Waals surface area (Å²) in [5, 5.41) is 3.80. The van der Waals surface area contributed by atoms with Crippen LogP contribution in [0.25, 0.3) is 0 Å². The van der Waals surface area contributed by atoms with Crippen LogP contribution in [-0.4, -0.2) is 60.1 Å². The Morgan fingerprint density at radius 2 is 2.19 bits per heavy atom. The fourth-order valence-corrected chi connectivity index (χ4v) is 3.72. The molecule has 140 valence electrons. The highest BCUT2D eigenvalue weighted by molar-refractivity contribution is 7.09. The van der Waals surface area contributed by atoms with Crippen LogP contribution in [0.3, 0.4) is 0 Å². The van der Waals surface area contributed by atoms with Crippen molar-refractivity contribution in [2.45, 2.75) is 19.8 Å². The van der Waals surface area contributed by atoms with E-state index in [9.17, 15) is 4.79 Å². The van der Waals surface area contributed by atoms with Crippen LogP contribution in [0.1, 0.15) is 24.7 Å². The molecule has 3 rings (SSSR count). The van der Waals surface area contributed by atoms with Crippen LogP contribution in [0.2, 0.25) is 0 Å². The molecule has 1 saturated heterocycles. The molecule has 1 aliphatic heterocycles. The van der Waals surface area contributed by atoms with Crippen LogP contribution in [0, 0.1) is 0 Å². The van der Waals surface area contributed by atoms with Gasteiger partial charge in [0.05, 0.1) is 7.11 Å². The Morgan fingerprint density at radius 1 is 1.31 bits per heavy atom. The van der Waals surface area contributed by atoms with E-state index in [2.05, 4.69) is 20.7 Å². The molecule has 0 aliphatic carbocycles. The highest BCUT2D eigenvalue weighted by Crippen LogP contribution is 2.21. The standard InChI is InChI=1S/C18H25N5O2S/c1-3-19-17(24)22-8-5-9-23(11-10-22)18-20-16(21-26-18)13-14-6-4-7-15(12-14)25-2/h4,6-7,12H,3,5,8-11,13H2,1-2H3,(H,19,24). The minimum atomic E-state index is 0.0188. The molecule has 1 aromatic carbocycles. The maximum atomic E-state index is 12.0. The van der Waals surface area contributed by atoms with Crippen LogP contribution in [0.15, 0.2) is 24.3 Å². The van der Waals surface area contributed by atoms with Gasteiger partial charge in [0.2, 0.25) is 5.13 Å². The van der Waals surface area contributed by atoms with Crippen molar-refractivity contribution in [3.8, 4) is 5.75 Å². The number of carbonyl (C=O) groups is 1. The average molecular weight is 375 g/mol. The molecule has 2 amide bonds. The van der Waals surface area contributed by atoms with Gasteiger partial charge in [-0.05, 0) is 31.0 Å². The molecular weight excluding hydrogens is 350 g/mol. The van der Waals surface area contributed by atoms with Gasteiger partial charge in [-0.3, -0.25) is 0 Å². The third kappa shape index (κ3) is 4.63. The average Bonchev–Trinajstić information content (AvgIpc) is 2.97. The summed E-state index contributed by atoms with van der Waals surface area (Å²) < 4.78 is 9.78. The number of methoxy groups -OCH3 is 1. The van der Waals surface area contributed by atoms with Crippen molar-refractivity contribution in [3.05, 3.63) is 35.7 Å². The van der Waals surface area contributed by atoms with Gasteiger partial charge in [0.15, 0.2) is 0 Å². The van der Waals surface area contributed by atoms with E-state index in [1.165, 1.54) is 11.5 Å². The summed E-state index contributed by atoms with van der Waals surface area (Å²) in [5.74, 6) is 1.67. The first kappa shape index (κ1) is 18.4. The molecule has 1 aliphatic rings. The smallest absolute Gasteiger partial charge is 0.317 e. The fraction of sp³-hybridized carbons (Fsp3) is 0.500. The predicted molar refractivity (Wildman–Crippen MR) is 103 cm³/mol. The van der Waals surface area contributed by atoms with E-state index in [0.29, 0.717) is 19.5 Å². The first-order valence-electron chi connectivity index (χ1n) is 8.93. The molecule has 1 fully saturated rings. The van der Waals surface area contributed by atoms with Gasteiger partial charge in [0.1, 0.15) is 11.6 Å². The molecular formula is C18H25N5O2S. The summed E-state index contributed by atoms with van der Waals surface area (Å²) in [4.78, 5) is 20.8. The van der Waals surface area contributed by atoms with Gasteiger partial charge in [-0.2, -0.15) is 4.37 Å². The lowest BCUT2D eigenvalue weighted by Crippen LogP contribution is -2.41. The first-order chi connectivity index (χ1) is 12.7. The van der Waals surface area contributed by atoms with Crippen molar-refractivity contribution in [2.75, 3.05) is 44.7 Å². The third-order valence-electron chi connectivity index (χ3n) is 4.34. The number of nitrogens with zero attached hydrogens (tertiary/aromatic N) is 4. The summed E-state index contributed by atoms with van der Waals surface area (Å²) in [6.07, 6.45) is 1.62. The molecule has 26 heavy (non-hydrogen) atoms. The molecule has 7 nitrogen and oxygen atoms in total. The summed E-state index contributed by atoms with van der Waals surface area (Å²) >= 11 is 1.43. The number of urea groups is 1. The van der Waals surface area contributed by atoms with E-state index in [1.807, 2.05) is 30.0 Å². The molecule has 1 aromatic heterocycles. The van der Waals surface area contributed by atoms with Crippen LogP contribution in [0.5, 0.6) is 5.75 Å². The van der Waals surface area contributed by atoms with Gasteiger partial charge in [-0.25, -0.2) is 9.78 Å². The Morgan fingerprint density at radius 3 is 3.00 bits per heavy atom. The largest absolute Gasteiger partial charge is 0.497 e. The Hall–Kier alpha value is -2.35. The van der Waals surface area contributed by atoms with Crippen molar-refractivity contribution in [2.24, 2.45) is 0 Å². The number of ether oxygens (including phenoxy) is 1. The SMILES string of the molecule is CCNC(=O)N1CCCN(c2nc(Cc3cccc(OC)c3)ns2)CC1. The summed E-state index contributed by atoms with van der Waals surface area (Å²) in [7, 11) is 1.67. The van der Waals surface area contributed by atoms with E-state index < -0.39 is 0 Å². The lowest BCUT2D eigenvalue weighted by atomic mass is 10.1. The van der Waals surface area contributed by atoms with Gasteiger partial charge >= 0.3 is 6.03 Å². The molecule has 2 aromatic rings. The summed E-state index contributed by atoms with van der Waals surface area (Å²) in [5.41, 5.74) is 1.13. The summed E-state index contributed by atoms with van der Waals surface area (Å²) in [6, 6.07) is 7.99. The number of rotatable bonds is 5. The molecule has 0 unspecified atom stereocenters. The van der Waals surface area contributed by atoms with Gasteiger partial charge in [0.25, 0.3) is 0 Å². The quantitative estimate of drug-likeness (QED) is 0.869. The lowest BCUT2D eigenvalue weighted by Gasteiger charge is -2.21. The third-order valence-corrected chi connectivity index (χ3v) is 5.15. The minimum absolute atomic E-state index is 0.0188. The highest BCUT2D eigenvalue weighted by Gasteiger charge is 2.21. The van der Waals surface area contributed by atoms with Gasteiger partial charge in [-0.15, -0.1) is 0 Å². The maximum Gasteiger partial charge on any atom is 0.317 e. The number of benzene rings is 1. The summed E-state index contributed by atoms with van der Waals surface area (Å²) in [6.45, 7) is 5.75. The van der Waals surface area contributed by atoms with Crippen molar-refractivity contribution in [3.63, 3.8) is 0 Å². The zero-order valence-electron chi connectivity index (χ0n) is 15.3.